The number of halogens is 2. The van der Waals surface area contributed by atoms with Crippen LogP contribution < -0.4 is 0 Å². The van der Waals surface area contributed by atoms with Crippen molar-refractivity contribution in [1.82, 2.24) is 14.9 Å². The van der Waals surface area contributed by atoms with Gasteiger partial charge >= 0.3 is 0 Å². The van der Waals surface area contributed by atoms with Gasteiger partial charge in [0.2, 0.25) is 0 Å². The fraction of sp³-hybridized carbons (Fsp3) is 0.714. The zero-order valence-corrected chi connectivity index (χ0v) is 14.5. The Kier molecular flexibility index (Phi) is 4.79. The number of hydrogen-bond donors (Lipinski definition) is 0. The Morgan fingerprint density at radius 1 is 1.40 bits per heavy atom. The lowest BCUT2D eigenvalue weighted by Crippen LogP contribution is -2.39. The minimum atomic E-state index is -0.0395. The van der Waals surface area contributed by atoms with Crippen LogP contribution in [0, 0.1) is 3.57 Å². The van der Waals surface area contributed by atoms with Crippen molar-refractivity contribution in [2.45, 2.75) is 38.2 Å². The summed E-state index contributed by atoms with van der Waals surface area (Å²) in [6, 6.07) is 0. The first kappa shape index (κ1) is 14.9. The average molecular weight is 408 g/mol. The molecule has 0 bridgehead atoms. The van der Waals surface area contributed by atoms with Crippen LogP contribution in [-0.2, 0) is 4.74 Å². The van der Waals surface area contributed by atoms with Gasteiger partial charge in [-0.2, -0.15) is 0 Å². The number of ether oxygens (including phenoxy) is 1. The monoisotopic (exact) mass is 407 g/mol. The van der Waals surface area contributed by atoms with Gasteiger partial charge in [-0.3, -0.25) is 4.90 Å². The minimum Gasteiger partial charge on any atom is -0.368 e. The van der Waals surface area contributed by atoms with Crippen molar-refractivity contribution in [2.75, 3.05) is 26.2 Å². The van der Waals surface area contributed by atoms with Gasteiger partial charge in [-0.25, -0.2) is 9.97 Å². The molecule has 1 unspecified atom stereocenters. The lowest BCUT2D eigenvalue weighted by molar-refractivity contribution is -0.0343. The van der Waals surface area contributed by atoms with E-state index in [0.29, 0.717) is 11.1 Å². The summed E-state index contributed by atoms with van der Waals surface area (Å²) in [5.74, 6) is 1.34. The molecule has 2 fully saturated rings. The molecule has 2 aliphatic rings. The average Bonchev–Trinajstić information content (AvgIpc) is 3.27. The topological polar surface area (TPSA) is 38.2 Å². The van der Waals surface area contributed by atoms with E-state index in [1.807, 2.05) is 0 Å². The second-order valence-electron chi connectivity index (χ2n) is 5.51. The molecule has 3 rings (SSSR count). The predicted molar refractivity (Wildman–Crippen MR) is 87.2 cm³/mol. The maximum absolute atomic E-state index is 6.28. The summed E-state index contributed by atoms with van der Waals surface area (Å²) >= 11 is 8.54. The van der Waals surface area contributed by atoms with Gasteiger partial charge in [0.15, 0.2) is 5.82 Å². The molecule has 20 heavy (non-hydrogen) atoms. The van der Waals surface area contributed by atoms with Crippen molar-refractivity contribution in [3.8, 4) is 0 Å². The zero-order chi connectivity index (χ0) is 14.1. The summed E-state index contributed by atoms with van der Waals surface area (Å²) in [6.07, 6.45) is 3.56. The lowest BCUT2D eigenvalue weighted by atomic mass is 10.2. The summed E-state index contributed by atoms with van der Waals surface area (Å²) in [4.78, 5) is 11.6. The van der Waals surface area contributed by atoms with E-state index < -0.39 is 0 Å². The van der Waals surface area contributed by atoms with Crippen LogP contribution in [0.1, 0.15) is 49.7 Å². The molecule has 110 valence electrons. The fourth-order valence-corrected chi connectivity index (χ4v) is 3.47. The smallest absolute Gasteiger partial charge is 0.160 e. The van der Waals surface area contributed by atoms with Crippen LogP contribution in [0.5, 0.6) is 0 Å². The molecule has 0 aromatic carbocycles. The highest BCUT2D eigenvalue weighted by Gasteiger charge is 2.31. The molecule has 4 nitrogen and oxygen atoms in total. The van der Waals surface area contributed by atoms with Gasteiger partial charge in [-0.1, -0.05) is 18.5 Å². The largest absolute Gasteiger partial charge is 0.368 e. The number of rotatable bonds is 4. The standard InChI is InChI=1S/C14H19ClIN3O/c1-2-5-19-6-7-20-10(8-19)14-17-12(9-3-4-9)11(16)13(15)18-14/h9-10H,2-8H2,1H3. The van der Waals surface area contributed by atoms with Crippen LogP contribution in [0.3, 0.4) is 0 Å². The Hall–Kier alpha value is 0.0200. The first-order valence-corrected chi connectivity index (χ1v) is 8.71. The molecular weight excluding hydrogens is 389 g/mol. The zero-order valence-electron chi connectivity index (χ0n) is 11.6. The first-order chi connectivity index (χ1) is 9.69. The highest BCUT2D eigenvalue weighted by atomic mass is 127. The fourth-order valence-electron chi connectivity index (χ4n) is 2.60. The van der Waals surface area contributed by atoms with Crippen molar-refractivity contribution in [2.24, 2.45) is 0 Å². The van der Waals surface area contributed by atoms with E-state index in [1.54, 1.807) is 0 Å². The molecule has 1 saturated carbocycles. The molecule has 2 heterocycles. The summed E-state index contributed by atoms with van der Waals surface area (Å²) < 4.78 is 6.87. The van der Waals surface area contributed by atoms with Crippen LogP contribution in [-0.4, -0.2) is 41.1 Å². The van der Waals surface area contributed by atoms with Gasteiger partial charge in [0.25, 0.3) is 0 Å². The van der Waals surface area contributed by atoms with Gasteiger partial charge in [0.05, 0.1) is 15.9 Å². The SMILES string of the molecule is CCCN1CCOC(c2nc(Cl)c(I)c(C3CC3)n2)C1. The summed E-state index contributed by atoms with van der Waals surface area (Å²) in [6.45, 7) is 5.92. The normalized spacial score (nSPS) is 24.1. The Labute approximate surface area is 138 Å². The third-order valence-electron chi connectivity index (χ3n) is 3.80. The molecule has 1 aromatic heterocycles. The lowest BCUT2D eigenvalue weighted by Gasteiger charge is -2.32. The van der Waals surface area contributed by atoms with Gasteiger partial charge in [-0.15, -0.1) is 0 Å². The summed E-state index contributed by atoms with van der Waals surface area (Å²) in [5.41, 5.74) is 1.12. The Bertz CT molecular complexity index is 494. The van der Waals surface area contributed by atoms with Crippen LogP contribution in [0.4, 0.5) is 0 Å². The van der Waals surface area contributed by atoms with E-state index >= 15 is 0 Å². The van der Waals surface area contributed by atoms with Crippen molar-refractivity contribution in [3.05, 3.63) is 20.2 Å². The van der Waals surface area contributed by atoms with E-state index in [1.165, 1.54) is 12.8 Å². The van der Waals surface area contributed by atoms with Gasteiger partial charge in [0, 0.05) is 19.0 Å². The first-order valence-electron chi connectivity index (χ1n) is 7.25. The van der Waals surface area contributed by atoms with E-state index in [0.717, 1.165) is 47.8 Å². The third kappa shape index (κ3) is 3.26. The highest BCUT2D eigenvalue weighted by Crippen LogP contribution is 2.42. The summed E-state index contributed by atoms with van der Waals surface area (Å²) in [5, 5.41) is 0.578. The number of nitrogens with zero attached hydrogens (tertiary/aromatic N) is 3. The summed E-state index contributed by atoms with van der Waals surface area (Å²) in [7, 11) is 0. The predicted octanol–water partition coefficient (Wildman–Crippen LogP) is 3.40. The molecular formula is C14H19ClIN3O. The van der Waals surface area contributed by atoms with E-state index in [4.69, 9.17) is 21.3 Å². The maximum atomic E-state index is 6.28. The van der Waals surface area contributed by atoms with Crippen molar-refractivity contribution >= 4 is 34.2 Å². The second kappa shape index (κ2) is 6.42. The number of aromatic nitrogens is 2. The number of morpholine rings is 1. The quantitative estimate of drug-likeness (QED) is 0.566. The van der Waals surface area contributed by atoms with E-state index in [-0.39, 0.29) is 6.10 Å². The molecule has 0 spiro atoms. The van der Waals surface area contributed by atoms with Crippen molar-refractivity contribution in [1.29, 1.82) is 0 Å². The Balaban J connectivity index is 1.82. The van der Waals surface area contributed by atoms with E-state index in [9.17, 15) is 0 Å². The molecule has 1 aliphatic carbocycles. The molecule has 1 saturated heterocycles. The molecule has 0 N–H and O–H groups in total. The van der Waals surface area contributed by atoms with Crippen molar-refractivity contribution in [3.63, 3.8) is 0 Å². The van der Waals surface area contributed by atoms with Crippen LogP contribution in [0.15, 0.2) is 0 Å². The van der Waals surface area contributed by atoms with Crippen LogP contribution >= 0.6 is 34.2 Å². The van der Waals surface area contributed by atoms with Crippen molar-refractivity contribution < 1.29 is 4.74 Å². The molecule has 6 heteroatoms. The minimum absolute atomic E-state index is 0.0395. The second-order valence-corrected chi connectivity index (χ2v) is 6.94. The molecule has 1 aromatic rings. The molecule has 1 aliphatic heterocycles. The van der Waals surface area contributed by atoms with Crippen LogP contribution in [0.2, 0.25) is 5.15 Å². The maximum Gasteiger partial charge on any atom is 0.160 e. The molecule has 0 amide bonds. The molecule has 0 radical (unpaired) electrons. The van der Waals surface area contributed by atoms with Crippen LogP contribution in [0.25, 0.3) is 0 Å². The van der Waals surface area contributed by atoms with Gasteiger partial charge < -0.3 is 4.74 Å². The van der Waals surface area contributed by atoms with Gasteiger partial charge in [-0.05, 0) is 48.4 Å². The molecule has 1 atom stereocenters. The van der Waals surface area contributed by atoms with Gasteiger partial charge in [0.1, 0.15) is 11.3 Å². The Morgan fingerprint density at radius 2 is 2.20 bits per heavy atom. The Morgan fingerprint density at radius 3 is 2.90 bits per heavy atom. The van der Waals surface area contributed by atoms with E-state index in [2.05, 4.69) is 39.4 Å². The number of hydrogen-bond acceptors (Lipinski definition) is 4. The third-order valence-corrected chi connectivity index (χ3v) is 5.45. The highest BCUT2D eigenvalue weighted by molar-refractivity contribution is 14.1.